The molecule has 0 spiro atoms. The quantitative estimate of drug-likeness (QED) is 0.625. The first-order valence-electron chi connectivity index (χ1n) is 9.09. The Morgan fingerprint density at radius 1 is 1.14 bits per heavy atom. The molecule has 0 saturated carbocycles. The molecule has 3 aromatic rings. The molecule has 0 aliphatic rings. The molecule has 2 aromatic carbocycles. The van der Waals surface area contributed by atoms with Gasteiger partial charge in [0.15, 0.2) is 0 Å². The number of nitrogens with zero attached hydrogens (tertiary/aromatic N) is 3. The summed E-state index contributed by atoms with van der Waals surface area (Å²) >= 11 is 5.89. The molecule has 1 aromatic heterocycles. The zero-order chi connectivity index (χ0) is 19.9. The fourth-order valence-corrected chi connectivity index (χ4v) is 2.97. The van der Waals surface area contributed by atoms with E-state index in [4.69, 9.17) is 16.1 Å². The summed E-state index contributed by atoms with van der Waals surface area (Å²) in [7, 11) is 3.97. The van der Waals surface area contributed by atoms with Crippen LogP contribution in [0.25, 0.3) is 11.4 Å². The molecule has 28 heavy (non-hydrogen) atoms. The van der Waals surface area contributed by atoms with E-state index in [1.807, 2.05) is 61.5 Å². The van der Waals surface area contributed by atoms with E-state index in [-0.39, 0.29) is 18.4 Å². The Morgan fingerprint density at radius 2 is 1.86 bits per heavy atom. The Labute approximate surface area is 169 Å². The lowest BCUT2D eigenvalue weighted by atomic mass is 10.1. The number of carbonyl (C=O) groups is 1. The van der Waals surface area contributed by atoms with Gasteiger partial charge in [-0.05, 0) is 43.9 Å². The number of amides is 1. The molecule has 0 radical (unpaired) electrons. The molecule has 6 nitrogen and oxygen atoms in total. The van der Waals surface area contributed by atoms with Crippen molar-refractivity contribution in [3.05, 3.63) is 71.1 Å². The molecule has 1 unspecified atom stereocenters. The van der Waals surface area contributed by atoms with E-state index in [2.05, 4.69) is 15.5 Å². The van der Waals surface area contributed by atoms with E-state index in [0.29, 0.717) is 23.2 Å². The molecule has 3 rings (SSSR count). The third-order valence-electron chi connectivity index (χ3n) is 4.22. The largest absolute Gasteiger partial charge is 0.348 e. The second kappa shape index (κ2) is 9.48. The number of halogens is 1. The number of aromatic nitrogens is 2. The number of aryl methyl sites for hydroxylation is 1. The van der Waals surface area contributed by atoms with E-state index in [0.717, 1.165) is 17.7 Å². The highest BCUT2D eigenvalue weighted by Gasteiger charge is 2.16. The lowest BCUT2D eigenvalue weighted by Gasteiger charge is -2.22. The summed E-state index contributed by atoms with van der Waals surface area (Å²) in [4.78, 5) is 18.9. The van der Waals surface area contributed by atoms with Crippen molar-refractivity contribution in [3.63, 3.8) is 0 Å². The van der Waals surface area contributed by atoms with Crippen LogP contribution in [-0.4, -0.2) is 41.6 Å². The van der Waals surface area contributed by atoms with E-state index in [9.17, 15) is 4.79 Å². The van der Waals surface area contributed by atoms with E-state index < -0.39 is 0 Å². The van der Waals surface area contributed by atoms with Crippen LogP contribution in [0, 0.1) is 0 Å². The van der Waals surface area contributed by atoms with Crippen molar-refractivity contribution in [1.82, 2.24) is 20.4 Å². The Hall–Kier alpha value is -2.70. The van der Waals surface area contributed by atoms with Crippen molar-refractivity contribution < 1.29 is 9.32 Å². The van der Waals surface area contributed by atoms with Crippen molar-refractivity contribution in [3.8, 4) is 11.4 Å². The van der Waals surface area contributed by atoms with E-state index in [1.165, 1.54) is 0 Å². The molecule has 1 amide bonds. The second-order valence-corrected chi connectivity index (χ2v) is 7.25. The first kappa shape index (κ1) is 20.0. The van der Waals surface area contributed by atoms with Gasteiger partial charge in [-0.1, -0.05) is 47.1 Å². The Morgan fingerprint density at radius 3 is 2.54 bits per heavy atom. The zero-order valence-electron chi connectivity index (χ0n) is 15.9. The highest BCUT2D eigenvalue weighted by molar-refractivity contribution is 6.30. The number of nitrogens with one attached hydrogen (secondary N) is 1. The summed E-state index contributed by atoms with van der Waals surface area (Å²) in [6, 6.07) is 17.1. The van der Waals surface area contributed by atoms with Crippen molar-refractivity contribution in [2.75, 3.05) is 20.6 Å². The smallest absolute Gasteiger partial charge is 0.227 e. The van der Waals surface area contributed by atoms with Crippen LogP contribution in [-0.2, 0) is 11.2 Å². The van der Waals surface area contributed by atoms with E-state index in [1.54, 1.807) is 12.1 Å². The molecule has 1 heterocycles. The number of hydrogen-bond donors (Lipinski definition) is 1. The summed E-state index contributed by atoms with van der Waals surface area (Å²) in [6.45, 7) is 0.719. The molecule has 146 valence electrons. The van der Waals surface area contributed by atoms with Crippen LogP contribution < -0.4 is 5.32 Å². The molecule has 0 bridgehead atoms. The SMILES string of the molecule is CN(C)CC(NC(=O)CCc1nc(-c2ccc(Cl)cc2)no1)c1ccccc1. The first-order valence-corrected chi connectivity index (χ1v) is 9.46. The van der Waals surface area contributed by atoms with Crippen LogP contribution in [0.4, 0.5) is 0 Å². The lowest BCUT2D eigenvalue weighted by Crippen LogP contribution is -2.35. The highest BCUT2D eigenvalue weighted by Crippen LogP contribution is 2.19. The van der Waals surface area contributed by atoms with Gasteiger partial charge in [-0.25, -0.2) is 0 Å². The Bertz CT molecular complexity index is 894. The monoisotopic (exact) mass is 398 g/mol. The van der Waals surface area contributed by atoms with Crippen LogP contribution in [0.15, 0.2) is 59.1 Å². The second-order valence-electron chi connectivity index (χ2n) is 6.81. The Kier molecular flexibility index (Phi) is 6.79. The normalized spacial score (nSPS) is 12.1. The van der Waals surface area contributed by atoms with Gasteiger partial charge in [0, 0.05) is 30.0 Å². The molecule has 0 aliphatic heterocycles. The minimum Gasteiger partial charge on any atom is -0.348 e. The van der Waals surface area contributed by atoms with Gasteiger partial charge in [0.1, 0.15) is 0 Å². The maximum atomic E-state index is 12.5. The number of benzene rings is 2. The number of rotatable bonds is 8. The van der Waals surface area contributed by atoms with Gasteiger partial charge >= 0.3 is 0 Å². The van der Waals surface area contributed by atoms with Crippen molar-refractivity contribution in [1.29, 1.82) is 0 Å². The van der Waals surface area contributed by atoms with Crippen molar-refractivity contribution in [2.24, 2.45) is 0 Å². The van der Waals surface area contributed by atoms with Gasteiger partial charge in [0.05, 0.1) is 6.04 Å². The predicted octanol–water partition coefficient (Wildman–Crippen LogP) is 3.74. The molecule has 7 heteroatoms. The fraction of sp³-hybridized carbons (Fsp3) is 0.286. The molecule has 1 N–H and O–H groups in total. The minimum atomic E-state index is -0.0731. The summed E-state index contributed by atoms with van der Waals surface area (Å²) in [6.07, 6.45) is 0.662. The van der Waals surface area contributed by atoms with Crippen LogP contribution in [0.2, 0.25) is 5.02 Å². The Balaban J connectivity index is 1.58. The zero-order valence-corrected chi connectivity index (χ0v) is 16.7. The van der Waals surface area contributed by atoms with Gasteiger partial charge in [0.25, 0.3) is 0 Å². The fourth-order valence-electron chi connectivity index (χ4n) is 2.84. The van der Waals surface area contributed by atoms with Gasteiger partial charge in [-0.2, -0.15) is 4.98 Å². The number of likely N-dealkylation sites (N-methyl/N-ethyl adjacent to an activating group) is 1. The minimum absolute atomic E-state index is 0.0538. The van der Waals surface area contributed by atoms with Gasteiger partial charge in [-0.15, -0.1) is 0 Å². The van der Waals surface area contributed by atoms with Crippen LogP contribution in [0.1, 0.15) is 23.9 Å². The molecular weight excluding hydrogens is 376 g/mol. The summed E-state index contributed by atoms with van der Waals surface area (Å²) in [5.41, 5.74) is 1.89. The average molecular weight is 399 g/mol. The van der Waals surface area contributed by atoms with Crippen LogP contribution >= 0.6 is 11.6 Å². The van der Waals surface area contributed by atoms with Crippen molar-refractivity contribution in [2.45, 2.75) is 18.9 Å². The van der Waals surface area contributed by atoms with Crippen LogP contribution in [0.5, 0.6) is 0 Å². The molecule has 0 fully saturated rings. The maximum Gasteiger partial charge on any atom is 0.227 e. The molecule has 0 aliphatic carbocycles. The average Bonchev–Trinajstić information content (AvgIpc) is 3.16. The summed E-state index contributed by atoms with van der Waals surface area (Å²) < 4.78 is 5.27. The van der Waals surface area contributed by atoms with Gasteiger partial charge < -0.3 is 14.7 Å². The molecule has 0 saturated heterocycles. The van der Waals surface area contributed by atoms with E-state index >= 15 is 0 Å². The third-order valence-corrected chi connectivity index (χ3v) is 4.47. The lowest BCUT2D eigenvalue weighted by molar-refractivity contribution is -0.122. The highest BCUT2D eigenvalue weighted by atomic mass is 35.5. The van der Waals surface area contributed by atoms with Crippen LogP contribution in [0.3, 0.4) is 0 Å². The molecular formula is C21H23ClN4O2. The number of carbonyl (C=O) groups excluding carboxylic acids is 1. The maximum absolute atomic E-state index is 12.5. The van der Waals surface area contributed by atoms with Gasteiger partial charge in [-0.3, -0.25) is 4.79 Å². The standard InChI is InChI=1S/C21H23ClN4O2/c1-26(2)14-18(15-6-4-3-5-7-15)23-19(27)12-13-20-24-21(25-28-20)16-8-10-17(22)11-9-16/h3-11,18H,12-14H2,1-2H3,(H,23,27). The summed E-state index contributed by atoms with van der Waals surface area (Å²) in [5.74, 6) is 0.868. The summed E-state index contributed by atoms with van der Waals surface area (Å²) in [5, 5.41) is 7.72. The predicted molar refractivity (Wildman–Crippen MR) is 109 cm³/mol. The van der Waals surface area contributed by atoms with Crippen molar-refractivity contribution >= 4 is 17.5 Å². The van der Waals surface area contributed by atoms with Gasteiger partial charge in [0.2, 0.25) is 17.6 Å². The third kappa shape index (κ3) is 5.65. The first-order chi connectivity index (χ1) is 13.5. The topological polar surface area (TPSA) is 71.3 Å². The number of hydrogen-bond acceptors (Lipinski definition) is 5. The molecule has 1 atom stereocenters.